The van der Waals surface area contributed by atoms with E-state index in [1.807, 2.05) is 0 Å². The molecule has 1 aliphatic rings. The van der Waals surface area contributed by atoms with Gasteiger partial charge in [0.05, 0.1) is 11.5 Å². The van der Waals surface area contributed by atoms with E-state index in [0.29, 0.717) is 6.42 Å². The average molecular weight is 179 g/mol. The van der Waals surface area contributed by atoms with Gasteiger partial charge < -0.3 is 10.8 Å². The van der Waals surface area contributed by atoms with Crippen LogP contribution in [0.5, 0.6) is 0 Å². The quantitative estimate of drug-likeness (QED) is 0.526. The summed E-state index contributed by atoms with van der Waals surface area (Å²) >= 11 is 0. The molecule has 1 saturated heterocycles. The van der Waals surface area contributed by atoms with Gasteiger partial charge in [-0.25, -0.2) is 8.42 Å². The Hall–Kier alpha value is -0.130. The molecule has 0 radical (unpaired) electrons. The number of aliphatic hydroxyl groups is 1. The lowest BCUT2D eigenvalue weighted by molar-refractivity contribution is 0.212. The van der Waals surface area contributed by atoms with Crippen LogP contribution in [0.25, 0.3) is 0 Å². The van der Waals surface area contributed by atoms with Crippen LogP contribution in [0.15, 0.2) is 0 Å². The highest BCUT2D eigenvalue weighted by Crippen LogP contribution is 2.16. The monoisotopic (exact) mass is 179 g/mol. The number of sulfone groups is 1. The predicted octanol–water partition coefficient (Wildman–Crippen LogP) is -1.26. The fourth-order valence-corrected chi connectivity index (χ4v) is 3.08. The Morgan fingerprint density at radius 1 is 1.55 bits per heavy atom. The van der Waals surface area contributed by atoms with Gasteiger partial charge in [0.25, 0.3) is 0 Å². The zero-order valence-corrected chi connectivity index (χ0v) is 7.05. The second kappa shape index (κ2) is 3.08. The van der Waals surface area contributed by atoms with Gasteiger partial charge in [-0.2, -0.15) is 0 Å². The lowest BCUT2D eigenvalue weighted by Crippen LogP contribution is -2.43. The number of hydrogen-bond acceptors (Lipinski definition) is 4. The van der Waals surface area contributed by atoms with Gasteiger partial charge in [0, 0.05) is 18.6 Å². The first-order chi connectivity index (χ1) is 5.05. The maximum atomic E-state index is 11.0. The van der Waals surface area contributed by atoms with Gasteiger partial charge >= 0.3 is 0 Å². The molecule has 0 amide bonds. The van der Waals surface area contributed by atoms with E-state index in [2.05, 4.69) is 0 Å². The highest BCUT2D eigenvalue weighted by atomic mass is 32.2. The van der Waals surface area contributed by atoms with Crippen LogP contribution in [-0.4, -0.2) is 37.7 Å². The summed E-state index contributed by atoms with van der Waals surface area (Å²) in [6.07, 6.45) is 0.480. The molecule has 1 aliphatic heterocycles. The van der Waals surface area contributed by atoms with Crippen LogP contribution >= 0.6 is 0 Å². The smallest absolute Gasteiger partial charge is 0.150 e. The molecule has 0 bridgehead atoms. The molecule has 1 heterocycles. The molecule has 0 saturated carbocycles. The lowest BCUT2D eigenvalue weighted by Gasteiger charge is -2.26. The molecule has 0 aromatic rings. The van der Waals surface area contributed by atoms with Gasteiger partial charge in [-0.3, -0.25) is 0 Å². The third kappa shape index (κ3) is 2.15. The summed E-state index contributed by atoms with van der Waals surface area (Å²) < 4.78 is 22.0. The van der Waals surface area contributed by atoms with Gasteiger partial charge in [0.2, 0.25) is 0 Å². The molecule has 1 fully saturated rings. The fraction of sp³-hybridized carbons (Fsp3) is 1.00. The molecular formula is C6H13NO3S. The van der Waals surface area contributed by atoms with Gasteiger partial charge in [-0.15, -0.1) is 0 Å². The molecule has 1 rings (SSSR count). The summed E-state index contributed by atoms with van der Waals surface area (Å²) in [6, 6.07) is -0.150. The molecule has 0 unspecified atom stereocenters. The van der Waals surface area contributed by atoms with Crippen molar-refractivity contribution in [2.45, 2.75) is 12.5 Å². The summed E-state index contributed by atoms with van der Waals surface area (Å²) in [5, 5.41) is 8.75. The SMILES string of the molecule is N[C@H]1CCS(=O)(=O)C[C@@H]1CO. The van der Waals surface area contributed by atoms with Crippen molar-refractivity contribution in [3.8, 4) is 0 Å². The van der Waals surface area contributed by atoms with E-state index in [-0.39, 0.29) is 30.1 Å². The lowest BCUT2D eigenvalue weighted by atomic mass is 10.0. The van der Waals surface area contributed by atoms with Crippen molar-refractivity contribution in [2.75, 3.05) is 18.1 Å². The van der Waals surface area contributed by atoms with Crippen molar-refractivity contribution in [3.63, 3.8) is 0 Å². The molecule has 0 aromatic heterocycles. The Morgan fingerprint density at radius 3 is 2.64 bits per heavy atom. The predicted molar refractivity (Wildman–Crippen MR) is 41.8 cm³/mol. The van der Waals surface area contributed by atoms with Crippen molar-refractivity contribution in [3.05, 3.63) is 0 Å². The Bertz CT molecular complexity index is 224. The minimum atomic E-state index is -2.92. The highest BCUT2D eigenvalue weighted by Gasteiger charge is 2.29. The fourth-order valence-electron chi connectivity index (χ4n) is 1.27. The van der Waals surface area contributed by atoms with Gasteiger partial charge in [-0.05, 0) is 6.42 Å². The third-order valence-electron chi connectivity index (χ3n) is 2.07. The van der Waals surface area contributed by atoms with Crippen LogP contribution in [0.3, 0.4) is 0 Å². The van der Waals surface area contributed by atoms with Crippen LogP contribution in [0.4, 0.5) is 0 Å². The molecule has 0 aromatic carbocycles. The molecule has 3 N–H and O–H groups in total. The minimum absolute atomic E-state index is 0.0463. The second-order valence-corrected chi connectivity index (χ2v) is 5.24. The first-order valence-electron chi connectivity index (χ1n) is 3.62. The van der Waals surface area contributed by atoms with Crippen molar-refractivity contribution >= 4 is 9.84 Å². The Morgan fingerprint density at radius 2 is 2.18 bits per heavy atom. The summed E-state index contributed by atoms with van der Waals surface area (Å²) in [7, 11) is -2.92. The van der Waals surface area contributed by atoms with Gasteiger partial charge in [0.15, 0.2) is 9.84 Å². The van der Waals surface area contributed by atoms with Crippen molar-refractivity contribution in [1.29, 1.82) is 0 Å². The Kier molecular flexibility index (Phi) is 2.51. The first kappa shape index (κ1) is 8.96. The average Bonchev–Trinajstić information content (AvgIpc) is 1.94. The highest BCUT2D eigenvalue weighted by molar-refractivity contribution is 7.91. The van der Waals surface area contributed by atoms with Gasteiger partial charge in [0.1, 0.15) is 0 Å². The van der Waals surface area contributed by atoms with E-state index >= 15 is 0 Å². The molecule has 4 nitrogen and oxygen atoms in total. The molecule has 0 spiro atoms. The zero-order valence-electron chi connectivity index (χ0n) is 6.23. The maximum absolute atomic E-state index is 11.0. The first-order valence-corrected chi connectivity index (χ1v) is 5.44. The standard InChI is InChI=1S/C6H13NO3S/c7-6-1-2-11(9,10)4-5(6)3-8/h5-6,8H,1-4,7H2/t5-,6-/m0/s1. The Balaban J connectivity index is 2.66. The summed E-state index contributed by atoms with van der Waals surface area (Å²) in [6.45, 7) is -0.125. The van der Waals surface area contributed by atoms with Crippen LogP contribution in [-0.2, 0) is 9.84 Å². The maximum Gasteiger partial charge on any atom is 0.150 e. The van der Waals surface area contributed by atoms with Crippen molar-refractivity contribution in [1.82, 2.24) is 0 Å². The Labute approximate surface area is 66.3 Å². The molecule has 5 heteroatoms. The van der Waals surface area contributed by atoms with Crippen molar-refractivity contribution in [2.24, 2.45) is 11.7 Å². The molecular weight excluding hydrogens is 166 g/mol. The van der Waals surface area contributed by atoms with E-state index in [1.165, 1.54) is 0 Å². The largest absolute Gasteiger partial charge is 0.396 e. The van der Waals surface area contributed by atoms with E-state index < -0.39 is 9.84 Å². The van der Waals surface area contributed by atoms with Crippen LogP contribution in [0.2, 0.25) is 0 Å². The van der Waals surface area contributed by atoms with E-state index in [1.54, 1.807) is 0 Å². The molecule has 11 heavy (non-hydrogen) atoms. The number of nitrogens with two attached hydrogens (primary N) is 1. The van der Waals surface area contributed by atoms with E-state index in [9.17, 15) is 8.42 Å². The van der Waals surface area contributed by atoms with Crippen LogP contribution in [0.1, 0.15) is 6.42 Å². The minimum Gasteiger partial charge on any atom is -0.396 e. The third-order valence-corrected chi connectivity index (χ3v) is 3.86. The summed E-state index contributed by atoms with van der Waals surface area (Å²) in [5.41, 5.74) is 5.59. The van der Waals surface area contributed by atoms with E-state index in [0.717, 1.165) is 0 Å². The molecule has 2 atom stereocenters. The van der Waals surface area contributed by atoms with Gasteiger partial charge in [-0.1, -0.05) is 0 Å². The number of aliphatic hydroxyl groups excluding tert-OH is 1. The second-order valence-electron chi connectivity index (χ2n) is 3.01. The zero-order chi connectivity index (χ0) is 8.48. The normalized spacial score (nSPS) is 36.9. The van der Waals surface area contributed by atoms with E-state index in [4.69, 9.17) is 10.8 Å². The molecule has 66 valence electrons. The summed E-state index contributed by atoms with van der Waals surface area (Å²) in [5.74, 6) is -0.0382. The summed E-state index contributed by atoms with van der Waals surface area (Å²) in [4.78, 5) is 0. The van der Waals surface area contributed by atoms with Crippen molar-refractivity contribution < 1.29 is 13.5 Å². The van der Waals surface area contributed by atoms with Crippen LogP contribution in [0, 0.1) is 5.92 Å². The molecule has 0 aliphatic carbocycles. The number of hydrogen-bond donors (Lipinski definition) is 2. The number of rotatable bonds is 1. The topological polar surface area (TPSA) is 80.4 Å². The van der Waals surface area contributed by atoms with Crippen LogP contribution < -0.4 is 5.73 Å².